The molecular weight excluding hydrogens is 357 g/mol. The molecule has 0 aliphatic rings. The van der Waals surface area contributed by atoms with E-state index in [1.165, 1.54) is 19.2 Å². The van der Waals surface area contributed by atoms with Gasteiger partial charge in [-0.1, -0.05) is 19.9 Å². The largest absolute Gasteiger partial charge is 0.478 e. The van der Waals surface area contributed by atoms with Gasteiger partial charge in [-0.25, -0.2) is 14.2 Å². The number of halogens is 1. The van der Waals surface area contributed by atoms with Crippen molar-refractivity contribution in [1.82, 2.24) is 9.55 Å². The molecule has 2 N–H and O–H groups in total. The Labute approximate surface area is 153 Å². The maximum absolute atomic E-state index is 14.1. The van der Waals surface area contributed by atoms with Crippen molar-refractivity contribution in [2.45, 2.75) is 27.7 Å². The molecule has 26 heavy (non-hydrogen) atoms. The highest BCUT2D eigenvalue weighted by Gasteiger charge is 2.23. The third-order valence-electron chi connectivity index (χ3n) is 3.63. The van der Waals surface area contributed by atoms with Gasteiger partial charge in [-0.2, -0.15) is 0 Å². The summed E-state index contributed by atoms with van der Waals surface area (Å²) in [6.45, 7) is 7.44. The Kier molecular flexibility index (Phi) is 5.76. The number of thiazole rings is 1. The molecule has 0 amide bonds. The van der Waals surface area contributed by atoms with E-state index in [2.05, 4.69) is 10.3 Å². The zero-order chi connectivity index (χ0) is 19.6. The monoisotopic (exact) mass is 377 g/mol. The Balaban J connectivity index is 0.00000117. The summed E-state index contributed by atoms with van der Waals surface area (Å²) in [6.07, 6.45) is 0. The second-order valence-corrected chi connectivity index (χ2v) is 6.62. The van der Waals surface area contributed by atoms with Crippen LogP contribution in [0, 0.1) is 19.7 Å². The molecule has 0 unspecified atom stereocenters. The van der Waals surface area contributed by atoms with Crippen molar-refractivity contribution in [3.8, 4) is 0 Å². The molecule has 6 nitrogen and oxygen atoms in total. The minimum absolute atomic E-state index is 0.0198. The standard InChI is InChI=1S/C16H14FN3O3S.C2H6/c1-7-4-5-10(9(17)6-7)19-14-11(16(22)23)13-12(15(21)20(14)3)18-8(2)24-13;1-2/h4-6,19H,1-3H3,(H,22,23);1-2H3. The van der Waals surface area contributed by atoms with Gasteiger partial charge in [-0.05, 0) is 31.5 Å². The maximum atomic E-state index is 14.1. The van der Waals surface area contributed by atoms with Crippen molar-refractivity contribution in [3.63, 3.8) is 0 Å². The number of anilines is 2. The van der Waals surface area contributed by atoms with Gasteiger partial charge < -0.3 is 10.4 Å². The molecule has 8 heteroatoms. The first-order chi connectivity index (χ1) is 12.3. The number of hydrogen-bond donors (Lipinski definition) is 2. The van der Waals surface area contributed by atoms with E-state index < -0.39 is 17.3 Å². The van der Waals surface area contributed by atoms with E-state index in [9.17, 15) is 19.1 Å². The lowest BCUT2D eigenvalue weighted by Gasteiger charge is -2.15. The summed E-state index contributed by atoms with van der Waals surface area (Å²) < 4.78 is 15.5. The lowest BCUT2D eigenvalue weighted by Crippen LogP contribution is -2.23. The highest BCUT2D eigenvalue weighted by Crippen LogP contribution is 2.30. The van der Waals surface area contributed by atoms with Crippen molar-refractivity contribution < 1.29 is 14.3 Å². The highest BCUT2D eigenvalue weighted by atomic mass is 32.1. The maximum Gasteiger partial charge on any atom is 0.340 e. The molecule has 0 aliphatic carbocycles. The van der Waals surface area contributed by atoms with Gasteiger partial charge in [-0.3, -0.25) is 9.36 Å². The van der Waals surface area contributed by atoms with E-state index in [4.69, 9.17) is 0 Å². The van der Waals surface area contributed by atoms with Gasteiger partial charge in [0.05, 0.1) is 15.4 Å². The van der Waals surface area contributed by atoms with Gasteiger partial charge in [0.15, 0.2) is 0 Å². The molecule has 0 spiro atoms. The Bertz CT molecular complexity index is 1040. The van der Waals surface area contributed by atoms with E-state index in [0.29, 0.717) is 5.01 Å². The summed E-state index contributed by atoms with van der Waals surface area (Å²) >= 11 is 1.12. The molecule has 0 radical (unpaired) electrons. The van der Waals surface area contributed by atoms with Crippen LogP contribution in [0.25, 0.3) is 10.2 Å². The van der Waals surface area contributed by atoms with Crippen LogP contribution in [-0.4, -0.2) is 20.6 Å². The van der Waals surface area contributed by atoms with Crippen molar-refractivity contribution in [2.24, 2.45) is 7.05 Å². The van der Waals surface area contributed by atoms with Gasteiger partial charge >= 0.3 is 5.97 Å². The number of rotatable bonds is 3. The van der Waals surface area contributed by atoms with Crippen LogP contribution in [0.15, 0.2) is 23.0 Å². The zero-order valence-electron chi connectivity index (χ0n) is 15.2. The molecule has 3 rings (SSSR count). The number of aromatic nitrogens is 2. The van der Waals surface area contributed by atoms with Crippen molar-refractivity contribution in [1.29, 1.82) is 0 Å². The number of benzene rings is 1. The van der Waals surface area contributed by atoms with Gasteiger partial charge in [0.2, 0.25) is 0 Å². The number of nitrogens with one attached hydrogen (secondary N) is 1. The molecule has 0 fully saturated rings. The van der Waals surface area contributed by atoms with E-state index in [1.54, 1.807) is 19.9 Å². The molecule has 138 valence electrons. The molecule has 2 aromatic heterocycles. The predicted octanol–water partition coefficient (Wildman–Crippen LogP) is 4.22. The third-order valence-corrected chi connectivity index (χ3v) is 4.62. The molecular formula is C18H20FN3O3S. The number of pyridine rings is 1. The summed E-state index contributed by atoms with van der Waals surface area (Å²) in [5, 5.41) is 12.9. The molecule has 0 bridgehead atoms. The van der Waals surface area contributed by atoms with Crippen molar-refractivity contribution in [3.05, 3.63) is 50.5 Å². The van der Waals surface area contributed by atoms with Gasteiger partial charge in [-0.15, -0.1) is 11.3 Å². The van der Waals surface area contributed by atoms with Crippen LogP contribution in [0.3, 0.4) is 0 Å². The quantitative estimate of drug-likeness (QED) is 0.714. The molecule has 0 atom stereocenters. The third kappa shape index (κ3) is 3.45. The lowest BCUT2D eigenvalue weighted by molar-refractivity contribution is 0.0699. The molecule has 3 aromatic rings. The summed E-state index contributed by atoms with van der Waals surface area (Å²) in [5.74, 6) is -1.72. The van der Waals surface area contributed by atoms with Gasteiger partial charge in [0, 0.05) is 7.05 Å². The first-order valence-corrected chi connectivity index (χ1v) is 8.88. The van der Waals surface area contributed by atoms with E-state index >= 15 is 0 Å². The summed E-state index contributed by atoms with van der Waals surface area (Å²) in [5.41, 5.74) is 0.400. The van der Waals surface area contributed by atoms with Gasteiger partial charge in [0.1, 0.15) is 22.7 Å². The Morgan fingerprint density at radius 3 is 2.54 bits per heavy atom. The Morgan fingerprint density at radius 1 is 1.31 bits per heavy atom. The van der Waals surface area contributed by atoms with Crippen LogP contribution in [0.4, 0.5) is 15.9 Å². The van der Waals surface area contributed by atoms with Crippen molar-refractivity contribution >= 4 is 39.0 Å². The fraction of sp³-hybridized carbons (Fsp3) is 0.278. The normalized spacial score (nSPS) is 10.4. The molecule has 0 aliphatic heterocycles. The Morgan fingerprint density at radius 2 is 1.96 bits per heavy atom. The first-order valence-electron chi connectivity index (χ1n) is 8.06. The zero-order valence-corrected chi connectivity index (χ0v) is 16.0. The lowest BCUT2D eigenvalue weighted by atomic mass is 10.2. The van der Waals surface area contributed by atoms with Crippen LogP contribution >= 0.6 is 11.3 Å². The number of carboxylic acids is 1. The number of aromatic carboxylic acids is 1. The number of nitrogens with zero attached hydrogens (tertiary/aromatic N) is 2. The Hall–Kier alpha value is -2.74. The average Bonchev–Trinajstić information content (AvgIpc) is 2.97. The number of aryl methyl sites for hydroxylation is 2. The number of carbonyl (C=O) groups is 1. The molecule has 0 saturated heterocycles. The first kappa shape index (κ1) is 19.6. The van der Waals surface area contributed by atoms with E-state index in [-0.39, 0.29) is 27.3 Å². The molecule has 0 saturated carbocycles. The van der Waals surface area contributed by atoms with Crippen LogP contribution in [-0.2, 0) is 7.05 Å². The molecule has 1 aromatic carbocycles. The van der Waals surface area contributed by atoms with Crippen LogP contribution in [0.5, 0.6) is 0 Å². The summed E-state index contributed by atoms with van der Waals surface area (Å²) in [6, 6.07) is 4.53. The number of hydrogen-bond acceptors (Lipinski definition) is 5. The topological polar surface area (TPSA) is 84.2 Å². The minimum atomic E-state index is -1.21. The van der Waals surface area contributed by atoms with Crippen LogP contribution in [0.2, 0.25) is 0 Å². The fourth-order valence-electron chi connectivity index (χ4n) is 2.47. The second-order valence-electron chi connectivity index (χ2n) is 5.41. The SMILES string of the molecule is CC.Cc1ccc(Nc2c(C(=O)O)c3sc(C)nc3c(=O)n2C)c(F)c1. The number of carboxylic acid groups (broad SMARTS) is 1. The van der Waals surface area contributed by atoms with Gasteiger partial charge in [0.25, 0.3) is 5.56 Å². The fourth-order valence-corrected chi connectivity index (χ4v) is 3.42. The highest BCUT2D eigenvalue weighted by molar-refractivity contribution is 7.19. The van der Waals surface area contributed by atoms with Crippen LogP contribution < -0.4 is 10.9 Å². The number of fused-ring (bicyclic) bond motifs is 1. The second kappa shape index (κ2) is 7.65. The average molecular weight is 377 g/mol. The predicted molar refractivity (Wildman–Crippen MR) is 102 cm³/mol. The van der Waals surface area contributed by atoms with E-state index in [1.807, 2.05) is 13.8 Å². The summed E-state index contributed by atoms with van der Waals surface area (Å²) in [7, 11) is 1.43. The molecule has 2 heterocycles. The van der Waals surface area contributed by atoms with Crippen LogP contribution in [0.1, 0.15) is 34.8 Å². The minimum Gasteiger partial charge on any atom is -0.478 e. The van der Waals surface area contributed by atoms with Crippen molar-refractivity contribution in [2.75, 3.05) is 5.32 Å². The summed E-state index contributed by atoms with van der Waals surface area (Å²) in [4.78, 5) is 28.3. The smallest absolute Gasteiger partial charge is 0.340 e. The van der Waals surface area contributed by atoms with E-state index in [0.717, 1.165) is 21.5 Å².